The lowest BCUT2D eigenvalue weighted by atomic mass is 10.2. The van der Waals surface area contributed by atoms with Gasteiger partial charge in [-0.15, -0.1) is 0 Å². The molecule has 0 atom stereocenters. The number of guanidine groups is 1. The summed E-state index contributed by atoms with van der Waals surface area (Å²) in [4.78, 5) is 8.65. The van der Waals surface area contributed by atoms with Crippen LogP contribution in [-0.2, 0) is 6.54 Å². The molecule has 5 nitrogen and oxygen atoms in total. The third-order valence-electron chi connectivity index (χ3n) is 3.24. The summed E-state index contributed by atoms with van der Waals surface area (Å²) in [7, 11) is 6.14. The SMILES string of the molecule is CN(C)CCOc1ccc(CNC2=NCCN2C)cc1. The van der Waals surface area contributed by atoms with Crippen molar-refractivity contribution in [2.45, 2.75) is 6.54 Å². The molecule has 5 heteroatoms. The second-order valence-electron chi connectivity index (χ2n) is 5.28. The lowest BCUT2D eigenvalue weighted by molar-refractivity contribution is 0.261. The van der Waals surface area contributed by atoms with Crippen molar-refractivity contribution in [1.29, 1.82) is 0 Å². The molecular weight excluding hydrogens is 252 g/mol. The Morgan fingerprint density at radius 1 is 1.30 bits per heavy atom. The van der Waals surface area contributed by atoms with Crippen LogP contribution in [0.1, 0.15) is 5.56 Å². The second-order valence-corrected chi connectivity index (χ2v) is 5.28. The Balaban J connectivity index is 1.76. The number of likely N-dealkylation sites (N-methyl/N-ethyl adjacent to an activating group) is 2. The summed E-state index contributed by atoms with van der Waals surface area (Å²) in [5.41, 5.74) is 1.23. The molecule has 0 spiro atoms. The standard InChI is InChI=1S/C15H24N4O/c1-18(2)10-11-20-14-6-4-13(5-7-14)12-17-15-16-8-9-19(15)3/h4-7H,8-12H2,1-3H3,(H,16,17). The van der Waals surface area contributed by atoms with Gasteiger partial charge in [0.05, 0.1) is 6.54 Å². The molecule has 0 amide bonds. The first kappa shape index (κ1) is 14.7. The lowest BCUT2D eigenvalue weighted by Crippen LogP contribution is -2.35. The van der Waals surface area contributed by atoms with Crippen molar-refractivity contribution in [1.82, 2.24) is 15.1 Å². The van der Waals surface area contributed by atoms with Crippen LogP contribution in [0, 0.1) is 0 Å². The van der Waals surface area contributed by atoms with E-state index in [1.807, 2.05) is 26.2 Å². The monoisotopic (exact) mass is 276 g/mol. The molecule has 0 bridgehead atoms. The Bertz CT molecular complexity index is 442. The van der Waals surface area contributed by atoms with Crippen molar-refractivity contribution in [3.05, 3.63) is 29.8 Å². The Kier molecular flexibility index (Phi) is 5.24. The molecule has 1 heterocycles. The molecule has 0 aromatic heterocycles. The molecule has 0 saturated carbocycles. The van der Waals surface area contributed by atoms with Gasteiger partial charge in [-0.2, -0.15) is 0 Å². The highest BCUT2D eigenvalue weighted by atomic mass is 16.5. The molecule has 1 aliphatic heterocycles. The van der Waals surface area contributed by atoms with Gasteiger partial charge in [-0.05, 0) is 31.8 Å². The van der Waals surface area contributed by atoms with Crippen molar-refractivity contribution >= 4 is 5.96 Å². The van der Waals surface area contributed by atoms with Gasteiger partial charge in [0.2, 0.25) is 0 Å². The lowest BCUT2D eigenvalue weighted by Gasteiger charge is -2.15. The van der Waals surface area contributed by atoms with Crippen molar-refractivity contribution in [3.8, 4) is 5.75 Å². The van der Waals surface area contributed by atoms with Gasteiger partial charge in [0.1, 0.15) is 12.4 Å². The zero-order chi connectivity index (χ0) is 14.4. The zero-order valence-electron chi connectivity index (χ0n) is 12.6. The average molecular weight is 276 g/mol. The van der Waals surface area contributed by atoms with Crippen LogP contribution in [0.25, 0.3) is 0 Å². The highest BCUT2D eigenvalue weighted by Gasteiger charge is 2.11. The topological polar surface area (TPSA) is 40.1 Å². The van der Waals surface area contributed by atoms with Crippen LogP contribution >= 0.6 is 0 Å². The number of hydrogen-bond donors (Lipinski definition) is 1. The third-order valence-corrected chi connectivity index (χ3v) is 3.24. The first-order chi connectivity index (χ1) is 9.65. The highest BCUT2D eigenvalue weighted by Crippen LogP contribution is 2.12. The van der Waals surface area contributed by atoms with Crippen LogP contribution < -0.4 is 10.1 Å². The normalized spacial score (nSPS) is 14.6. The molecule has 1 aliphatic rings. The van der Waals surface area contributed by atoms with Gasteiger partial charge < -0.3 is 19.9 Å². The summed E-state index contributed by atoms with van der Waals surface area (Å²) >= 11 is 0. The minimum Gasteiger partial charge on any atom is -0.492 e. The molecule has 0 saturated heterocycles. The molecular formula is C15H24N4O. The average Bonchev–Trinajstić information content (AvgIpc) is 2.83. The number of hydrogen-bond acceptors (Lipinski definition) is 5. The Hall–Kier alpha value is -1.75. The minimum absolute atomic E-state index is 0.714. The van der Waals surface area contributed by atoms with Crippen LogP contribution in [0.4, 0.5) is 0 Å². The highest BCUT2D eigenvalue weighted by molar-refractivity contribution is 5.81. The van der Waals surface area contributed by atoms with Crippen molar-refractivity contribution in [2.75, 3.05) is 47.4 Å². The summed E-state index contributed by atoms with van der Waals surface area (Å²) in [5.74, 6) is 1.90. The molecule has 0 fully saturated rings. The van der Waals surface area contributed by atoms with E-state index in [4.69, 9.17) is 4.74 Å². The van der Waals surface area contributed by atoms with Gasteiger partial charge in [0.25, 0.3) is 0 Å². The van der Waals surface area contributed by atoms with Gasteiger partial charge in [-0.3, -0.25) is 4.99 Å². The first-order valence-electron chi connectivity index (χ1n) is 7.01. The molecule has 1 aromatic carbocycles. The smallest absolute Gasteiger partial charge is 0.194 e. The maximum atomic E-state index is 5.67. The summed E-state index contributed by atoms with van der Waals surface area (Å²) in [6, 6.07) is 8.22. The maximum absolute atomic E-state index is 5.67. The summed E-state index contributed by atoms with van der Waals surface area (Å²) < 4.78 is 5.67. The van der Waals surface area contributed by atoms with Crippen LogP contribution in [-0.4, -0.2) is 63.1 Å². The summed E-state index contributed by atoms with van der Waals surface area (Å²) in [6.45, 7) is 4.32. The van der Waals surface area contributed by atoms with E-state index in [9.17, 15) is 0 Å². The fraction of sp³-hybridized carbons (Fsp3) is 0.533. The van der Waals surface area contributed by atoms with Gasteiger partial charge in [-0.25, -0.2) is 0 Å². The molecule has 2 rings (SSSR count). The molecule has 0 unspecified atom stereocenters. The molecule has 1 aromatic rings. The number of nitrogens with zero attached hydrogens (tertiary/aromatic N) is 3. The molecule has 20 heavy (non-hydrogen) atoms. The van der Waals surface area contributed by atoms with Gasteiger partial charge >= 0.3 is 0 Å². The fourth-order valence-electron chi connectivity index (χ4n) is 1.95. The largest absolute Gasteiger partial charge is 0.492 e. The zero-order valence-corrected chi connectivity index (χ0v) is 12.6. The number of aliphatic imine (C=N–C) groups is 1. The van der Waals surface area contributed by atoms with E-state index >= 15 is 0 Å². The number of benzene rings is 1. The van der Waals surface area contributed by atoms with Gasteiger partial charge in [0.15, 0.2) is 5.96 Å². The first-order valence-corrected chi connectivity index (χ1v) is 7.01. The van der Waals surface area contributed by atoms with Crippen molar-refractivity contribution < 1.29 is 4.74 Å². The Labute approximate surface area is 121 Å². The van der Waals surface area contributed by atoms with Crippen LogP contribution in [0.5, 0.6) is 5.75 Å². The predicted octanol–water partition coefficient (Wildman–Crippen LogP) is 1.02. The molecule has 110 valence electrons. The summed E-state index contributed by atoms with van der Waals surface area (Å²) in [5, 5.41) is 3.35. The van der Waals surface area contributed by atoms with Crippen molar-refractivity contribution in [2.24, 2.45) is 4.99 Å². The second kappa shape index (κ2) is 7.14. The van der Waals surface area contributed by atoms with E-state index in [2.05, 4.69) is 39.3 Å². The quantitative estimate of drug-likeness (QED) is 0.842. The minimum atomic E-state index is 0.714. The Morgan fingerprint density at radius 3 is 2.65 bits per heavy atom. The summed E-state index contributed by atoms with van der Waals surface area (Å²) in [6.07, 6.45) is 0. The molecule has 1 N–H and O–H groups in total. The van der Waals surface area contributed by atoms with Gasteiger partial charge in [-0.1, -0.05) is 12.1 Å². The fourth-order valence-corrected chi connectivity index (χ4v) is 1.95. The van der Waals surface area contributed by atoms with Crippen LogP contribution in [0.15, 0.2) is 29.3 Å². The molecule has 0 radical (unpaired) electrons. The number of ether oxygens (including phenoxy) is 1. The van der Waals surface area contributed by atoms with E-state index in [-0.39, 0.29) is 0 Å². The Morgan fingerprint density at radius 2 is 2.05 bits per heavy atom. The number of rotatable bonds is 6. The third kappa shape index (κ3) is 4.42. The van der Waals surface area contributed by atoms with Crippen molar-refractivity contribution in [3.63, 3.8) is 0 Å². The maximum Gasteiger partial charge on any atom is 0.194 e. The molecule has 0 aliphatic carbocycles. The van der Waals surface area contributed by atoms with Crippen LogP contribution in [0.2, 0.25) is 0 Å². The van der Waals surface area contributed by atoms with Crippen LogP contribution in [0.3, 0.4) is 0 Å². The van der Waals surface area contributed by atoms with E-state index in [1.54, 1.807) is 0 Å². The van der Waals surface area contributed by atoms with Gasteiger partial charge in [0, 0.05) is 26.7 Å². The van der Waals surface area contributed by atoms with E-state index < -0.39 is 0 Å². The number of nitrogens with one attached hydrogen (secondary N) is 1. The van der Waals surface area contributed by atoms with E-state index in [0.29, 0.717) is 6.61 Å². The predicted molar refractivity (Wildman–Crippen MR) is 82.3 cm³/mol. The van der Waals surface area contributed by atoms with E-state index in [0.717, 1.165) is 37.9 Å². The van der Waals surface area contributed by atoms with E-state index in [1.165, 1.54) is 5.56 Å².